The first-order valence-electron chi connectivity index (χ1n) is 1.87. The molecule has 0 atom stereocenters. The monoisotopic (exact) mass is 161 g/mol. The summed E-state index contributed by atoms with van der Waals surface area (Å²) in [4.78, 5) is 10.8. The van der Waals surface area contributed by atoms with Crippen LogP contribution in [0.5, 0.6) is 0 Å². The first-order chi connectivity index (χ1) is 3.68. The fraction of sp³-hybridized carbons (Fsp3) is 0.667. The van der Waals surface area contributed by atoms with Crippen molar-refractivity contribution in [3.05, 3.63) is 16.0 Å². The molecule has 0 radical (unpaired) electrons. The van der Waals surface area contributed by atoms with Crippen LogP contribution in [0.25, 0.3) is 16.0 Å². The van der Waals surface area contributed by atoms with E-state index in [1.165, 1.54) is 11.8 Å². The Kier molecular flexibility index (Phi) is 50.6. The molecular weight excluding hydrogens is 156 g/mol. The molecule has 0 saturated heterocycles. The van der Waals surface area contributed by atoms with E-state index in [0.717, 1.165) is 0 Å². The van der Waals surface area contributed by atoms with E-state index in [9.17, 15) is 9.90 Å². The second-order valence-corrected chi connectivity index (χ2v) is 0.815. The van der Waals surface area contributed by atoms with Crippen molar-refractivity contribution in [1.82, 2.24) is 0 Å². The molecular formula is C3H5N3Na2O2. The average Bonchev–Trinajstić information content (AvgIpc) is 1.69. The van der Waals surface area contributed by atoms with Crippen LogP contribution in [0, 0.1) is 0 Å². The van der Waals surface area contributed by atoms with Gasteiger partial charge in [-0.15, -0.1) is 0 Å². The number of hydrogen-bond donors (Lipinski definition) is 0. The van der Waals surface area contributed by atoms with Gasteiger partial charge in [-0.3, -0.25) is 4.91 Å². The topological polar surface area (TPSA) is 98.8 Å². The number of rotatable bonds is 1. The Morgan fingerprint density at radius 2 is 1.60 bits per heavy atom. The molecule has 7 heteroatoms. The summed E-state index contributed by atoms with van der Waals surface area (Å²) in [5.41, 5.74) is 13.5. The smallest absolute Gasteiger partial charge is 0.550 e. The number of nitrogens with zero attached hydrogens (tertiary/aromatic N) is 3. The van der Waals surface area contributed by atoms with Crippen LogP contribution in [0.4, 0.5) is 0 Å². The minimum Gasteiger partial charge on any atom is -0.550 e. The number of carbonyl (C=O) groups is 1. The molecule has 0 aromatic heterocycles. The fourth-order valence-electron chi connectivity index (χ4n) is 0. The van der Waals surface area contributed by atoms with Crippen LogP contribution in [0.15, 0.2) is 0 Å². The predicted octanol–water partition coefficient (Wildman–Crippen LogP) is -5.98. The summed E-state index contributed by atoms with van der Waals surface area (Å²) < 4.78 is 0. The quantitative estimate of drug-likeness (QED) is 0.165. The van der Waals surface area contributed by atoms with E-state index in [1.807, 2.05) is 0 Å². The summed E-state index contributed by atoms with van der Waals surface area (Å²) in [6.07, 6.45) is 0.111. The zero-order valence-corrected chi connectivity index (χ0v) is 10.4. The molecule has 0 amide bonds. The summed E-state index contributed by atoms with van der Waals surface area (Å²) in [5.74, 6) is -0.995. The van der Waals surface area contributed by atoms with Crippen LogP contribution in [0.3, 0.4) is 0 Å². The van der Waals surface area contributed by atoms with Crippen molar-refractivity contribution < 1.29 is 69.0 Å². The molecule has 0 unspecified atom stereocenters. The third-order valence-electron chi connectivity index (χ3n) is 0.289. The molecule has 10 heavy (non-hydrogen) atoms. The summed E-state index contributed by atoms with van der Waals surface area (Å²) >= 11 is 0. The summed E-state index contributed by atoms with van der Waals surface area (Å²) in [7, 11) is 0. The summed E-state index contributed by atoms with van der Waals surface area (Å²) in [5, 5.41) is 9.26. The predicted molar refractivity (Wildman–Crippen MR) is 25.4 cm³/mol. The second kappa shape index (κ2) is 22.6. The molecule has 0 spiro atoms. The van der Waals surface area contributed by atoms with Crippen LogP contribution in [0.2, 0.25) is 0 Å². The summed E-state index contributed by atoms with van der Waals surface area (Å²) in [6, 6.07) is 0. The van der Waals surface area contributed by atoms with Gasteiger partial charge in [0.25, 0.3) is 0 Å². The third kappa shape index (κ3) is 68.8. The Bertz CT molecular complexity index is 102. The Labute approximate surface area is 103 Å². The van der Waals surface area contributed by atoms with Crippen molar-refractivity contribution in [2.24, 2.45) is 0 Å². The first kappa shape index (κ1) is 22.4. The Hall–Kier alpha value is 0.780. The molecule has 46 valence electrons. The largest absolute Gasteiger partial charge is 1.00 e. The summed E-state index contributed by atoms with van der Waals surface area (Å²) in [6.45, 7) is 1.54. The Balaban J connectivity index is -0.0000000326. The molecule has 0 saturated carbocycles. The van der Waals surface area contributed by atoms with Gasteiger partial charge in [-0.05, 0) is 6.42 Å². The number of aliphatic carboxylic acids is 1. The van der Waals surface area contributed by atoms with Crippen molar-refractivity contribution in [2.45, 2.75) is 13.3 Å². The van der Waals surface area contributed by atoms with Gasteiger partial charge in [0.2, 0.25) is 0 Å². The van der Waals surface area contributed by atoms with Crippen molar-refractivity contribution in [1.29, 1.82) is 0 Å². The SMILES string of the molecule is CCC(=O)[O-].[N-]=[N+]=[N-].[Na+].[Na+]. The van der Waals surface area contributed by atoms with Gasteiger partial charge < -0.3 is 21.0 Å². The average molecular weight is 161 g/mol. The molecule has 0 N–H and O–H groups in total. The molecule has 0 aliphatic heterocycles. The van der Waals surface area contributed by atoms with E-state index < -0.39 is 5.97 Å². The van der Waals surface area contributed by atoms with Crippen LogP contribution in [0.1, 0.15) is 13.3 Å². The first-order valence-corrected chi connectivity index (χ1v) is 1.87. The van der Waals surface area contributed by atoms with Crippen molar-refractivity contribution in [3.8, 4) is 0 Å². The minimum atomic E-state index is -0.995. The van der Waals surface area contributed by atoms with Crippen LogP contribution in [-0.2, 0) is 4.79 Å². The molecule has 5 nitrogen and oxygen atoms in total. The second-order valence-electron chi connectivity index (χ2n) is 0.815. The van der Waals surface area contributed by atoms with Gasteiger partial charge in [0.05, 0.1) is 0 Å². The van der Waals surface area contributed by atoms with Gasteiger partial charge in [-0.25, -0.2) is 0 Å². The Morgan fingerprint density at radius 1 is 1.50 bits per heavy atom. The maximum absolute atomic E-state index is 9.26. The molecule has 0 fully saturated rings. The molecule has 0 aliphatic rings. The number of carboxylic acid groups (broad SMARTS) is 1. The fourth-order valence-corrected chi connectivity index (χ4v) is 0. The van der Waals surface area contributed by atoms with Gasteiger partial charge in [0.15, 0.2) is 0 Å². The van der Waals surface area contributed by atoms with E-state index in [0.29, 0.717) is 0 Å². The van der Waals surface area contributed by atoms with Gasteiger partial charge in [0.1, 0.15) is 0 Å². The maximum Gasteiger partial charge on any atom is 1.00 e. The molecule has 0 aromatic carbocycles. The molecule has 0 heterocycles. The zero-order chi connectivity index (χ0) is 6.99. The van der Waals surface area contributed by atoms with Gasteiger partial charge >= 0.3 is 59.1 Å². The van der Waals surface area contributed by atoms with E-state index in [-0.39, 0.29) is 65.5 Å². The van der Waals surface area contributed by atoms with Gasteiger partial charge in [0, 0.05) is 5.97 Å². The van der Waals surface area contributed by atoms with E-state index in [1.54, 1.807) is 0 Å². The molecule has 0 aliphatic carbocycles. The minimum absolute atomic E-state index is 0. The molecule has 0 rings (SSSR count). The van der Waals surface area contributed by atoms with E-state index in [2.05, 4.69) is 0 Å². The van der Waals surface area contributed by atoms with Crippen molar-refractivity contribution in [2.75, 3.05) is 0 Å². The van der Waals surface area contributed by atoms with Gasteiger partial charge in [-0.1, -0.05) is 6.92 Å². The van der Waals surface area contributed by atoms with Gasteiger partial charge in [-0.2, -0.15) is 0 Å². The standard InChI is InChI=1S/C3H6O2.N3.2Na/c1-2-3(4)5;1-3-2;;/h2H2,1H3,(H,4,5);;;/q;-1;2*+1/p-1. The van der Waals surface area contributed by atoms with E-state index in [4.69, 9.17) is 11.1 Å². The van der Waals surface area contributed by atoms with Crippen molar-refractivity contribution >= 4 is 5.97 Å². The van der Waals surface area contributed by atoms with E-state index >= 15 is 0 Å². The van der Waals surface area contributed by atoms with Crippen LogP contribution >= 0.6 is 0 Å². The maximum atomic E-state index is 9.26. The third-order valence-corrected chi connectivity index (χ3v) is 0.289. The molecule has 0 aromatic rings. The normalized spacial score (nSPS) is 4.50. The van der Waals surface area contributed by atoms with Crippen LogP contribution in [-0.4, -0.2) is 5.97 Å². The molecule has 0 bridgehead atoms. The number of hydrogen-bond acceptors (Lipinski definition) is 2. The van der Waals surface area contributed by atoms with Crippen LogP contribution < -0.4 is 64.2 Å². The Morgan fingerprint density at radius 3 is 1.60 bits per heavy atom. The number of carbonyl (C=O) groups excluding carboxylic acids is 1. The zero-order valence-electron chi connectivity index (χ0n) is 6.37. The van der Waals surface area contributed by atoms with Crippen molar-refractivity contribution in [3.63, 3.8) is 0 Å². The number of carboxylic acids is 1.